The minimum atomic E-state index is -1.07. The number of nitrogens with one attached hydrogen (secondary N) is 2. The number of urea groups is 1. The molecule has 1 spiro atoms. The fourth-order valence-corrected chi connectivity index (χ4v) is 5.86. The van der Waals surface area contributed by atoms with E-state index in [4.69, 9.17) is 11.6 Å². The molecule has 2 atom stereocenters. The van der Waals surface area contributed by atoms with Gasteiger partial charge in [0.1, 0.15) is 12.1 Å². The van der Waals surface area contributed by atoms with Gasteiger partial charge in [-0.25, -0.2) is 4.79 Å². The zero-order valence-corrected chi connectivity index (χ0v) is 19.8. The first-order valence-corrected chi connectivity index (χ1v) is 12.3. The third-order valence-electron chi connectivity index (χ3n) is 7.29. The largest absolute Gasteiger partial charge is 0.353 e. The molecule has 2 unspecified atom stereocenters. The number of hydrogen-bond donors (Lipinski definition) is 2. The summed E-state index contributed by atoms with van der Waals surface area (Å²) in [7, 11) is 0. The quantitative estimate of drug-likeness (QED) is 0.621. The van der Waals surface area contributed by atoms with E-state index in [0.717, 1.165) is 60.4 Å². The highest BCUT2D eigenvalue weighted by Crippen LogP contribution is 2.39. The summed E-state index contributed by atoms with van der Waals surface area (Å²) in [4.78, 5) is 42.5. The minimum Gasteiger partial charge on any atom is -0.353 e. The molecule has 2 aromatic carbocycles. The number of carbonyl (C=O) groups excluding carboxylic acids is 3. The summed E-state index contributed by atoms with van der Waals surface area (Å²) in [5.41, 5.74) is 1.82. The molecule has 34 heavy (non-hydrogen) atoms. The SMILES string of the molecule is O=C(CN1C(=O)NC2(CCCc3ccccc32)C1=O)NCC(c1ccccc1Cl)N1CCCC1. The van der Waals surface area contributed by atoms with Crippen LogP contribution < -0.4 is 10.6 Å². The van der Waals surface area contributed by atoms with Crippen molar-refractivity contribution in [1.29, 1.82) is 0 Å². The molecule has 0 saturated carbocycles. The number of carbonyl (C=O) groups is 3. The Hall–Kier alpha value is -2.90. The number of rotatable bonds is 6. The predicted molar refractivity (Wildman–Crippen MR) is 129 cm³/mol. The monoisotopic (exact) mass is 480 g/mol. The molecule has 2 aliphatic heterocycles. The lowest BCUT2D eigenvalue weighted by Gasteiger charge is -2.33. The van der Waals surface area contributed by atoms with E-state index >= 15 is 0 Å². The van der Waals surface area contributed by atoms with Crippen LogP contribution in [0.15, 0.2) is 48.5 Å². The molecule has 0 bridgehead atoms. The van der Waals surface area contributed by atoms with Crippen molar-refractivity contribution >= 4 is 29.4 Å². The second-order valence-corrected chi connectivity index (χ2v) is 9.73. The molecule has 4 amide bonds. The molecule has 0 radical (unpaired) electrons. The van der Waals surface area contributed by atoms with Crippen LogP contribution in [0.5, 0.6) is 0 Å². The Morgan fingerprint density at radius 3 is 2.59 bits per heavy atom. The highest BCUT2D eigenvalue weighted by Gasteiger charge is 2.54. The lowest BCUT2D eigenvalue weighted by Crippen LogP contribution is -2.47. The summed E-state index contributed by atoms with van der Waals surface area (Å²) >= 11 is 6.47. The zero-order valence-electron chi connectivity index (χ0n) is 19.1. The molecule has 2 aromatic rings. The summed E-state index contributed by atoms with van der Waals surface area (Å²) in [6, 6.07) is 14.8. The molecule has 178 valence electrons. The van der Waals surface area contributed by atoms with Gasteiger partial charge in [0.2, 0.25) is 5.91 Å². The van der Waals surface area contributed by atoms with Crippen LogP contribution in [-0.4, -0.2) is 53.8 Å². The first kappa shape index (κ1) is 22.9. The third kappa shape index (κ3) is 4.07. The van der Waals surface area contributed by atoms with Gasteiger partial charge in [-0.15, -0.1) is 0 Å². The van der Waals surface area contributed by atoms with Crippen LogP contribution >= 0.6 is 11.6 Å². The van der Waals surface area contributed by atoms with Crippen LogP contribution in [0.4, 0.5) is 4.79 Å². The van der Waals surface area contributed by atoms with Crippen LogP contribution in [0.3, 0.4) is 0 Å². The fourth-order valence-electron chi connectivity index (χ4n) is 5.60. The van der Waals surface area contributed by atoms with Gasteiger partial charge in [0.05, 0.1) is 6.04 Å². The van der Waals surface area contributed by atoms with Crippen molar-refractivity contribution in [2.24, 2.45) is 0 Å². The Labute approximate surface area is 204 Å². The van der Waals surface area contributed by atoms with Gasteiger partial charge in [0, 0.05) is 11.6 Å². The van der Waals surface area contributed by atoms with E-state index < -0.39 is 11.6 Å². The normalized spacial score (nSPS) is 23.1. The molecular weight excluding hydrogens is 452 g/mol. The Balaban J connectivity index is 1.29. The molecule has 2 saturated heterocycles. The van der Waals surface area contributed by atoms with Crippen molar-refractivity contribution in [2.75, 3.05) is 26.2 Å². The summed E-state index contributed by atoms with van der Waals surface area (Å²) in [5.74, 6) is -0.706. The molecule has 1 aliphatic carbocycles. The molecule has 8 heteroatoms. The number of halogens is 1. The number of nitrogens with zero attached hydrogens (tertiary/aromatic N) is 2. The first-order valence-electron chi connectivity index (χ1n) is 12.0. The summed E-state index contributed by atoms with van der Waals surface area (Å²) in [6.45, 7) is 1.95. The average molecular weight is 481 g/mol. The van der Waals surface area contributed by atoms with Crippen molar-refractivity contribution < 1.29 is 14.4 Å². The average Bonchev–Trinajstić information content (AvgIpc) is 3.45. The maximum atomic E-state index is 13.4. The number of fused-ring (bicyclic) bond motifs is 2. The van der Waals surface area contributed by atoms with Gasteiger partial charge in [-0.1, -0.05) is 54.1 Å². The van der Waals surface area contributed by atoms with Gasteiger partial charge >= 0.3 is 6.03 Å². The van der Waals surface area contributed by atoms with Gasteiger partial charge in [0.25, 0.3) is 5.91 Å². The van der Waals surface area contributed by atoms with Crippen molar-refractivity contribution in [1.82, 2.24) is 20.4 Å². The van der Waals surface area contributed by atoms with Crippen LogP contribution in [0.25, 0.3) is 0 Å². The molecule has 5 rings (SSSR count). The van der Waals surface area contributed by atoms with Crippen molar-refractivity contribution in [3.8, 4) is 0 Å². The molecule has 2 N–H and O–H groups in total. The topological polar surface area (TPSA) is 81.8 Å². The van der Waals surface area contributed by atoms with E-state index in [0.29, 0.717) is 18.0 Å². The fraction of sp³-hybridized carbons (Fsp3) is 0.423. The van der Waals surface area contributed by atoms with E-state index in [1.807, 2.05) is 48.5 Å². The second kappa shape index (κ2) is 9.39. The van der Waals surface area contributed by atoms with Gasteiger partial charge in [0.15, 0.2) is 0 Å². The molecule has 7 nitrogen and oxygen atoms in total. The first-order chi connectivity index (χ1) is 16.5. The van der Waals surface area contributed by atoms with Crippen LogP contribution in [0.1, 0.15) is 48.4 Å². The lowest BCUT2D eigenvalue weighted by molar-refractivity contribution is -0.135. The number of hydrogen-bond acceptors (Lipinski definition) is 4. The number of imide groups is 1. The zero-order chi connectivity index (χ0) is 23.7. The molecule has 2 fully saturated rings. The minimum absolute atomic E-state index is 0.0557. The van der Waals surface area contributed by atoms with Crippen LogP contribution in [0.2, 0.25) is 5.02 Å². The van der Waals surface area contributed by atoms with Gasteiger partial charge in [-0.3, -0.25) is 19.4 Å². The van der Waals surface area contributed by atoms with Crippen molar-refractivity contribution in [2.45, 2.75) is 43.7 Å². The van der Waals surface area contributed by atoms with E-state index in [1.54, 1.807) is 0 Å². The highest BCUT2D eigenvalue weighted by molar-refractivity contribution is 6.31. The number of aryl methyl sites for hydroxylation is 1. The Kier molecular flexibility index (Phi) is 6.32. The maximum Gasteiger partial charge on any atom is 0.325 e. The van der Waals surface area contributed by atoms with E-state index in [-0.39, 0.29) is 24.4 Å². The third-order valence-corrected chi connectivity index (χ3v) is 7.63. The predicted octanol–water partition coefficient (Wildman–Crippen LogP) is 3.38. The van der Waals surface area contributed by atoms with Gasteiger partial charge in [-0.05, 0) is 68.0 Å². The molecule has 2 heterocycles. The summed E-state index contributed by atoms with van der Waals surface area (Å²) in [6.07, 6.45) is 4.44. The molecule has 3 aliphatic rings. The van der Waals surface area contributed by atoms with Crippen LogP contribution in [-0.2, 0) is 21.5 Å². The number of amides is 4. The van der Waals surface area contributed by atoms with E-state index in [2.05, 4.69) is 15.5 Å². The number of likely N-dealkylation sites (tertiary alicyclic amines) is 1. The molecule has 0 aromatic heterocycles. The Bertz CT molecular complexity index is 1120. The van der Waals surface area contributed by atoms with Gasteiger partial charge in [-0.2, -0.15) is 0 Å². The summed E-state index contributed by atoms with van der Waals surface area (Å²) in [5, 5.41) is 6.52. The van der Waals surface area contributed by atoms with Gasteiger partial charge < -0.3 is 10.6 Å². The Morgan fingerprint density at radius 1 is 1.06 bits per heavy atom. The highest BCUT2D eigenvalue weighted by atomic mass is 35.5. The second-order valence-electron chi connectivity index (χ2n) is 9.32. The standard InChI is InChI=1S/C26H29ClN4O3/c27-21-12-4-2-10-19(21)22(30-14-5-6-15-30)16-28-23(32)17-31-24(33)26(29-25(31)34)13-7-9-18-8-1-3-11-20(18)26/h1-4,8,10-12,22H,5-7,9,13-17H2,(H,28,32)(H,29,34). The Morgan fingerprint density at radius 2 is 1.79 bits per heavy atom. The lowest BCUT2D eigenvalue weighted by atomic mass is 9.76. The number of benzene rings is 2. The smallest absolute Gasteiger partial charge is 0.325 e. The van der Waals surface area contributed by atoms with Crippen molar-refractivity contribution in [3.05, 3.63) is 70.2 Å². The van der Waals surface area contributed by atoms with E-state index in [1.165, 1.54) is 0 Å². The van der Waals surface area contributed by atoms with E-state index in [9.17, 15) is 14.4 Å². The molecular formula is C26H29ClN4O3. The summed E-state index contributed by atoms with van der Waals surface area (Å²) < 4.78 is 0. The maximum absolute atomic E-state index is 13.4. The van der Waals surface area contributed by atoms with Crippen molar-refractivity contribution in [3.63, 3.8) is 0 Å². The van der Waals surface area contributed by atoms with Crippen LogP contribution in [0, 0.1) is 0 Å².